The molecule has 0 atom stereocenters. The molecule has 1 aromatic carbocycles. The first-order valence-electron chi connectivity index (χ1n) is 7.88. The van der Waals surface area contributed by atoms with Crippen molar-refractivity contribution in [2.45, 2.75) is 38.5 Å². The summed E-state index contributed by atoms with van der Waals surface area (Å²) < 4.78 is 0.747. The molecule has 4 nitrogen and oxygen atoms in total. The fourth-order valence-electron chi connectivity index (χ4n) is 3.99. The predicted molar refractivity (Wildman–Crippen MR) is 86.9 cm³/mol. The lowest BCUT2D eigenvalue weighted by atomic mass is 9.92. The van der Waals surface area contributed by atoms with Gasteiger partial charge in [0.2, 0.25) is 0 Å². The minimum atomic E-state index is -0.917. The highest BCUT2D eigenvalue weighted by Crippen LogP contribution is 2.54. The van der Waals surface area contributed by atoms with Gasteiger partial charge in [0.15, 0.2) is 5.78 Å². The fourth-order valence-corrected chi connectivity index (χ4v) is 4.67. The third-order valence-electron chi connectivity index (χ3n) is 5.58. The number of carbonyl (C=O) groups excluding carboxylic acids is 1. The van der Waals surface area contributed by atoms with Crippen LogP contribution in [0.5, 0.6) is 0 Å². The van der Waals surface area contributed by atoms with E-state index in [0.717, 1.165) is 36.1 Å². The van der Waals surface area contributed by atoms with Gasteiger partial charge in [0.1, 0.15) is 0 Å². The molecule has 1 heterocycles. The number of fused-ring (bicyclic) bond motifs is 1. The Labute approximate surface area is 137 Å². The van der Waals surface area contributed by atoms with Crippen LogP contribution in [0.4, 0.5) is 5.69 Å². The first-order chi connectivity index (χ1) is 10.5. The number of rotatable bonds is 2. The molecule has 3 aliphatic rings. The molecule has 0 unspecified atom stereocenters. The van der Waals surface area contributed by atoms with E-state index in [4.69, 9.17) is 0 Å². The third kappa shape index (κ3) is 2.09. The van der Waals surface area contributed by atoms with Crippen LogP contribution in [-0.2, 0) is 6.42 Å². The van der Waals surface area contributed by atoms with Crippen molar-refractivity contribution in [1.82, 2.24) is 0 Å². The molecule has 0 aromatic heterocycles. The molecule has 1 saturated carbocycles. The van der Waals surface area contributed by atoms with Crippen molar-refractivity contribution >= 4 is 33.4 Å². The summed E-state index contributed by atoms with van der Waals surface area (Å²) in [4.78, 5) is 26.0. The summed E-state index contributed by atoms with van der Waals surface area (Å²) in [6.45, 7) is 1.83. The molecular formula is C17H18BrNO3. The number of nitrogens with zero attached hydrogens (tertiary/aromatic N) is 1. The predicted octanol–water partition coefficient (Wildman–Crippen LogP) is 3.66. The van der Waals surface area contributed by atoms with Gasteiger partial charge in [0, 0.05) is 29.5 Å². The van der Waals surface area contributed by atoms with Crippen molar-refractivity contribution in [3.63, 3.8) is 0 Å². The lowest BCUT2D eigenvalue weighted by Gasteiger charge is -2.35. The Bertz CT molecular complexity index is 684. The van der Waals surface area contributed by atoms with E-state index in [2.05, 4.69) is 20.8 Å². The van der Waals surface area contributed by atoms with Gasteiger partial charge < -0.3 is 10.0 Å². The molecular weight excluding hydrogens is 346 g/mol. The summed E-state index contributed by atoms with van der Waals surface area (Å²) in [7, 11) is 0. The van der Waals surface area contributed by atoms with Gasteiger partial charge in [-0.1, -0.05) is 0 Å². The lowest BCUT2D eigenvalue weighted by Crippen LogP contribution is -2.35. The van der Waals surface area contributed by atoms with Crippen LogP contribution in [0.2, 0.25) is 0 Å². The van der Waals surface area contributed by atoms with E-state index >= 15 is 0 Å². The van der Waals surface area contributed by atoms with Gasteiger partial charge in [-0.25, -0.2) is 4.79 Å². The number of carbonyl (C=O) groups is 2. The molecule has 116 valence electrons. The maximum atomic E-state index is 12.0. The number of carboxylic acid groups (broad SMARTS) is 1. The van der Waals surface area contributed by atoms with Crippen LogP contribution in [-0.4, -0.2) is 29.9 Å². The Morgan fingerprint density at radius 3 is 2.45 bits per heavy atom. The Hall–Kier alpha value is -1.36. The molecule has 0 radical (unpaired) electrons. The molecule has 22 heavy (non-hydrogen) atoms. The van der Waals surface area contributed by atoms with Gasteiger partial charge in [0.25, 0.3) is 0 Å². The zero-order valence-corrected chi connectivity index (χ0v) is 13.9. The zero-order valence-electron chi connectivity index (χ0n) is 12.3. The van der Waals surface area contributed by atoms with Gasteiger partial charge in [-0.15, -0.1) is 0 Å². The van der Waals surface area contributed by atoms with Crippen LogP contribution < -0.4 is 4.90 Å². The van der Waals surface area contributed by atoms with Gasteiger partial charge in [-0.05, 0) is 65.1 Å². The maximum Gasteiger partial charge on any atom is 0.338 e. The van der Waals surface area contributed by atoms with E-state index in [1.807, 2.05) is 6.07 Å². The first kappa shape index (κ1) is 14.2. The summed E-state index contributed by atoms with van der Waals surface area (Å²) in [6.07, 6.45) is 5.92. The monoisotopic (exact) mass is 363 g/mol. The number of hydrogen-bond donors (Lipinski definition) is 1. The highest BCUT2D eigenvalue weighted by molar-refractivity contribution is 9.10. The van der Waals surface area contributed by atoms with E-state index < -0.39 is 5.97 Å². The second-order valence-electron chi connectivity index (χ2n) is 6.82. The van der Waals surface area contributed by atoms with E-state index in [1.54, 1.807) is 0 Å². The van der Waals surface area contributed by atoms with Crippen LogP contribution in [0, 0.1) is 5.41 Å². The highest BCUT2D eigenvalue weighted by atomic mass is 79.9. The second kappa shape index (κ2) is 4.82. The number of halogens is 1. The van der Waals surface area contributed by atoms with E-state index in [1.165, 1.54) is 12.8 Å². The van der Waals surface area contributed by atoms with Gasteiger partial charge in [0.05, 0.1) is 11.3 Å². The molecule has 2 fully saturated rings. The van der Waals surface area contributed by atoms with E-state index in [0.29, 0.717) is 34.9 Å². The summed E-state index contributed by atoms with van der Waals surface area (Å²) in [5.74, 6) is -0.869. The SMILES string of the molecule is O=C1CCc2c1c(Br)cc(N1CCC3(CC1)CC3)c2C(=O)O. The van der Waals surface area contributed by atoms with Crippen LogP contribution >= 0.6 is 15.9 Å². The van der Waals surface area contributed by atoms with Crippen LogP contribution in [0.3, 0.4) is 0 Å². The van der Waals surface area contributed by atoms with Crippen LogP contribution in [0.15, 0.2) is 10.5 Å². The molecule has 2 aliphatic carbocycles. The zero-order chi connectivity index (χ0) is 15.5. The molecule has 1 aromatic rings. The normalized spacial score (nSPS) is 22.0. The van der Waals surface area contributed by atoms with Gasteiger partial charge >= 0.3 is 5.97 Å². The van der Waals surface area contributed by atoms with E-state index in [9.17, 15) is 14.7 Å². The third-order valence-corrected chi connectivity index (χ3v) is 6.20. The Balaban J connectivity index is 1.77. The minimum absolute atomic E-state index is 0.0477. The molecule has 1 aliphatic heterocycles. The summed E-state index contributed by atoms with van der Waals surface area (Å²) in [5.41, 5.74) is 2.98. The van der Waals surface area contributed by atoms with Crippen LogP contribution in [0.25, 0.3) is 0 Å². The molecule has 0 bridgehead atoms. The number of hydrogen-bond acceptors (Lipinski definition) is 3. The Kier molecular flexibility index (Phi) is 3.12. The summed E-state index contributed by atoms with van der Waals surface area (Å²) in [6, 6.07) is 1.84. The van der Waals surface area contributed by atoms with Crippen molar-refractivity contribution in [1.29, 1.82) is 0 Å². The smallest absolute Gasteiger partial charge is 0.338 e. The molecule has 0 amide bonds. The number of piperidine rings is 1. The van der Waals surface area contributed by atoms with Gasteiger partial charge in [-0.2, -0.15) is 0 Å². The average Bonchev–Trinajstić information content (AvgIpc) is 3.12. The number of ketones is 1. The van der Waals surface area contributed by atoms with Crippen molar-refractivity contribution in [3.8, 4) is 0 Å². The summed E-state index contributed by atoms with van der Waals surface area (Å²) >= 11 is 3.48. The summed E-state index contributed by atoms with van der Waals surface area (Å²) in [5, 5.41) is 9.70. The van der Waals surface area contributed by atoms with Crippen molar-refractivity contribution < 1.29 is 14.7 Å². The van der Waals surface area contributed by atoms with Gasteiger partial charge in [-0.3, -0.25) is 4.79 Å². The van der Waals surface area contributed by atoms with Crippen molar-refractivity contribution in [3.05, 3.63) is 27.2 Å². The molecule has 1 N–H and O–H groups in total. The number of anilines is 1. The molecule has 1 spiro atoms. The van der Waals surface area contributed by atoms with Crippen molar-refractivity contribution in [2.24, 2.45) is 5.41 Å². The number of aromatic carboxylic acids is 1. The fraction of sp³-hybridized carbons (Fsp3) is 0.529. The number of Topliss-reactive ketones (excluding diaryl/α,β-unsaturated/α-hetero) is 1. The highest BCUT2D eigenvalue weighted by Gasteiger charge is 2.45. The van der Waals surface area contributed by atoms with Crippen LogP contribution in [0.1, 0.15) is 58.4 Å². The maximum absolute atomic E-state index is 12.0. The second-order valence-corrected chi connectivity index (χ2v) is 7.68. The molecule has 4 rings (SSSR count). The Morgan fingerprint density at radius 2 is 1.86 bits per heavy atom. The largest absolute Gasteiger partial charge is 0.478 e. The lowest BCUT2D eigenvalue weighted by molar-refractivity contribution is 0.0696. The van der Waals surface area contributed by atoms with E-state index in [-0.39, 0.29) is 5.78 Å². The molecule has 1 saturated heterocycles. The standard InChI is InChI=1S/C17H18BrNO3/c18-11-9-12(19-7-5-17(3-4-17)6-8-19)15(16(21)22)10-1-2-13(20)14(10)11/h9H,1-8H2,(H,21,22). The number of carboxylic acids is 1. The topological polar surface area (TPSA) is 57.6 Å². The quantitative estimate of drug-likeness (QED) is 0.870. The minimum Gasteiger partial charge on any atom is -0.478 e. The number of benzene rings is 1. The van der Waals surface area contributed by atoms with Crippen molar-refractivity contribution in [2.75, 3.05) is 18.0 Å². The Morgan fingerprint density at radius 1 is 1.18 bits per heavy atom. The first-order valence-corrected chi connectivity index (χ1v) is 8.67. The molecule has 5 heteroatoms. The average molecular weight is 364 g/mol.